The van der Waals surface area contributed by atoms with Crippen LogP contribution in [-0.4, -0.2) is 26.4 Å². The minimum atomic E-state index is -0.0170. The second-order valence-corrected chi connectivity index (χ2v) is 6.83. The number of carbonyl (C=O) groups is 1. The Morgan fingerprint density at radius 1 is 1.12 bits per heavy atom. The highest BCUT2D eigenvalue weighted by atomic mass is 35.5. The SMILES string of the molecule is O=C(CSc1ccccc1Cl)NCc1ccc(Cn2cncn2)cc1. The summed E-state index contributed by atoms with van der Waals surface area (Å²) < 4.78 is 1.77. The first kappa shape index (κ1) is 17.5. The molecule has 3 aromatic rings. The molecule has 0 radical (unpaired) electrons. The third-order valence-electron chi connectivity index (χ3n) is 3.52. The smallest absolute Gasteiger partial charge is 0.230 e. The fourth-order valence-electron chi connectivity index (χ4n) is 2.22. The Labute approximate surface area is 155 Å². The molecule has 3 rings (SSSR count). The first-order valence-corrected chi connectivity index (χ1v) is 9.11. The summed E-state index contributed by atoms with van der Waals surface area (Å²) in [7, 11) is 0. The molecular formula is C18H17ClN4OS. The molecule has 0 saturated heterocycles. The Bertz CT molecular complexity index is 821. The predicted molar refractivity (Wildman–Crippen MR) is 99.6 cm³/mol. The highest BCUT2D eigenvalue weighted by Crippen LogP contribution is 2.26. The van der Waals surface area contributed by atoms with Gasteiger partial charge in [-0.25, -0.2) is 9.67 Å². The summed E-state index contributed by atoms with van der Waals surface area (Å²) in [6, 6.07) is 15.6. The maximum absolute atomic E-state index is 12.0. The normalized spacial score (nSPS) is 10.6. The molecule has 0 aliphatic carbocycles. The molecule has 7 heteroatoms. The van der Waals surface area contributed by atoms with Crippen LogP contribution >= 0.6 is 23.4 Å². The molecule has 0 spiro atoms. The second-order valence-electron chi connectivity index (χ2n) is 5.41. The zero-order valence-electron chi connectivity index (χ0n) is 13.4. The molecule has 1 aromatic heterocycles. The average molecular weight is 373 g/mol. The van der Waals surface area contributed by atoms with Crippen molar-refractivity contribution in [3.8, 4) is 0 Å². The van der Waals surface area contributed by atoms with Gasteiger partial charge in [-0.3, -0.25) is 4.79 Å². The van der Waals surface area contributed by atoms with Crippen molar-refractivity contribution < 1.29 is 4.79 Å². The maximum Gasteiger partial charge on any atom is 0.230 e. The molecule has 0 unspecified atom stereocenters. The molecule has 25 heavy (non-hydrogen) atoms. The van der Waals surface area contributed by atoms with Crippen LogP contribution in [0.2, 0.25) is 5.02 Å². The standard InChI is InChI=1S/C18H17ClN4OS/c19-16-3-1-2-4-17(16)25-11-18(24)21-9-14-5-7-15(8-6-14)10-23-13-20-12-22-23/h1-8,12-13H,9-11H2,(H,21,24). The highest BCUT2D eigenvalue weighted by molar-refractivity contribution is 8.00. The second kappa shape index (κ2) is 8.69. The summed E-state index contributed by atoms with van der Waals surface area (Å²) >= 11 is 7.52. The molecule has 0 bridgehead atoms. The van der Waals surface area contributed by atoms with Crippen LogP contribution in [0.5, 0.6) is 0 Å². The number of hydrogen-bond donors (Lipinski definition) is 1. The van der Waals surface area contributed by atoms with E-state index in [0.29, 0.717) is 23.9 Å². The van der Waals surface area contributed by atoms with Gasteiger partial charge in [0.05, 0.1) is 17.3 Å². The molecule has 0 aliphatic heterocycles. The van der Waals surface area contributed by atoms with E-state index in [1.807, 2.05) is 48.5 Å². The Morgan fingerprint density at radius 2 is 1.88 bits per heavy atom. The van der Waals surface area contributed by atoms with Gasteiger partial charge in [0.15, 0.2) is 0 Å². The van der Waals surface area contributed by atoms with Gasteiger partial charge < -0.3 is 5.32 Å². The number of rotatable bonds is 7. The third-order valence-corrected chi connectivity index (χ3v) is 5.03. The Balaban J connectivity index is 1.45. The van der Waals surface area contributed by atoms with E-state index in [-0.39, 0.29) is 5.91 Å². The lowest BCUT2D eigenvalue weighted by Gasteiger charge is -2.07. The van der Waals surface area contributed by atoms with Gasteiger partial charge in [-0.15, -0.1) is 11.8 Å². The van der Waals surface area contributed by atoms with Crippen LogP contribution in [-0.2, 0) is 17.9 Å². The van der Waals surface area contributed by atoms with E-state index >= 15 is 0 Å². The number of nitrogens with one attached hydrogen (secondary N) is 1. The van der Waals surface area contributed by atoms with E-state index in [9.17, 15) is 4.79 Å². The minimum absolute atomic E-state index is 0.0170. The van der Waals surface area contributed by atoms with Crippen LogP contribution in [0.4, 0.5) is 0 Å². The van der Waals surface area contributed by atoms with E-state index in [2.05, 4.69) is 15.4 Å². The molecule has 0 saturated carbocycles. The van der Waals surface area contributed by atoms with Crippen molar-refractivity contribution in [3.05, 3.63) is 77.3 Å². The first-order chi connectivity index (χ1) is 12.2. The molecule has 1 N–H and O–H groups in total. The summed E-state index contributed by atoms with van der Waals surface area (Å²) in [5, 5.41) is 7.67. The van der Waals surface area contributed by atoms with Crippen LogP contribution in [0.1, 0.15) is 11.1 Å². The molecule has 0 aliphatic rings. The van der Waals surface area contributed by atoms with Crippen molar-refractivity contribution in [2.45, 2.75) is 18.0 Å². The fraction of sp³-hybridized carbons (Fsp3) is 0.167. The number of halogens is 1. The van der Waals surface area contributed by atoms with Gasteiger partial charge in [0, 0.05) is 11.4 Å². The lowest BCUT2D eigenvalue weighted by Crippen LogP contribution is -2.24. The van der Waals surface area contributed by atoms with Crippen LogP contribution < -0.4 is 5.32 Å². The quantitative estimate of drug-likeness (QED) is 0.646. The highest BCUT2D eigenvalue weighted by Gasteiger charge is 2.05. The van der Waals surface area contributed by atoms with Gasteiger partial charge >= 0.3 is 0 Å². The molecule has 5 nitrogen and oxygen atoms in total. The Hall–Kier alpha value is -2.31. The van der Waals surface area contributed by atoms with E-state index < -0.39 is 0 Å². The van der Waals surface area contributed by atoms with Crippen LogP contribution in [0, 0.1) is 0 Å². The van der Waals surface area contributed by atoms with Gasteiger partial charge in [-0.05, 0) is 23.3 Å². The number of amides is 1. The van der Waals surface area contributed by atoms with E-state index in [1.165, 1.54) is 18.1 Å². The molecule has 1 heterocycles. The average Bonchev–Trinajstić information content (AvgIpc) is 3.13. The summed E-state index contributed by atoms with van der Waals surface area (Å²) in [5.41, 5.74) is 2.19. The fourth-order valence-corrected chi connectivity index (χ4v) is 3.29. The van der Waals surface area contributed by atoms with Gasteiger partial charge in [0.1, 0.15) is 12.7 Å². The predicted octanol–water partition coefficient (Wildman–Crippen LogP) is 3.39. The molecule has 2 aromatic carbocycles. The van der Waals surface area contributed by atoms with Gasteiger partial charge in [0.2, 0.25) is 5.91 Å². The van der Waals surface area contributed by atoms with Crippen molar-refractivity contribution in [1.29, 1.82) is 0 Å². The molecule has 1 amide bonds. The molecule has 0 atom stereocenters. The largest absolute Gasteiger partial charge is 0.351 e. The van der Waals surface area contributed by atoms with Crippen LogP contribution in [0.15, 0.2) is 66.1 Å². The zero-order chi connectivity index (χ0) is 17.5. The maximum atomic E-state index is 12.0. The van der Waals surface area contributed by atoms with E-state index in [0.717, 1.165) is 16.0 Å². The number of nitrogens with zero attached hydrogens (tertiary/aromatic N) is 3. The first-order valence-electron chi connectivity index (χ1n) is 7.75. The number of benzene rings is 2. The minimum Gasteiger partial charge on any atom is -0.351 e. The summed E-state index contributed by atoms with van der Waals surface area (Å²) in [4.78, 5) is 16.8. The van der Waals surface area contributed by atoms with E-state index in [1.54, 1.807) is 11.0 Å². The van der Waals surface area contributed by atoms with Gasteiger partial charge in [-0.2, -0.15) is 5.10 Å². The third kappa shape index (κ3) is 5.34. The zero-order valence-corrected chi connectivity index (χ0v) is 15.0. The topological polar surface area (TPSA) is 59.8 Å². The van der Waals surface area contributed by atoms with E-state index in [4.69, 9.17) is 11.6 Å². The molecule has 0 fully saturated rings. The van der Waals surface area contributed by atoms with Crippen molar-refractivity contribution >= 4 is 29.3 Å². The van der Waals surface area contributed by atoms with Crippen LogP contribution in [0.25, 0.3) is 0 Å². The summed E-state index contributed by atoms with van der Waals surface area (Å²) in [6.07, 6.45) is 3.20. The van der Waals surface area contributed by atoms with Crippen molar-refractivity contribution in [3.63, 3.8) is 0 Å². The summed E-state index contributed by atoms with van der Waals surface area (Å²) in [6.45, 7) is 1.19. The number of thioether (sulfide) groups is 1. The summed E-state index contributed by atoms with van der Waals surface area (Å²) in [5.74, 6) is 0.324. The lowest BCUT2D eigenvalue weighted by atomic mass is 10.1. The number of hydrogen-bond acceptors (Lipinski definition) is 4. The Morgan fingerprint density at radius 3 is 2.60 bits per heavy atom. The molecule has 128 valence electrons. The van der Waals surface area contributed by atoms with Crippen LogP contribution in [0.3, 0.4) is 0 Å². The van der Waals surface area contributed by atoms with Crippen molar-refractivity contribution in [2.75, 3.05) is 5.75 Å². The monoisotopic (exact) mass is 372 g/mol. The lowest BCUT2D eigenvalue weighted by molar-refractivity contribution is -0.118. The number of aromatic nitrogens is 3. The molecular weight excluding hydrogens is 356 g/mol. The Kier molecular flexibility index (Phi) is 6.09. The van der Waals surface area contributed by atoms with Gasteiger partial charge in [0.25, 0.3) is 0 Å². The van der Waals surface area contributed by atoms with Gasteiger partial charge in [-0.1, -0.05) is 48.0 Å². The van der Waals surface area contributed by atoms with Crippen molar-refractivity contribution in [2.24, 2.45) is 0 Å². The number of carbonyl (C=O) groups excluding carboxylic acids is 1. The van der Waals surface area contributed by atoms with Crippen molar-refractivity contribution in [1.82, 2.24) is 20.1 Å².